The summed E-state index contributed by atoms with van der Waals surface area (Å²) in [6, 6.07) is 5.81. The second-order valence-corrected chi connectivity index (χ2v) is 5.29. The molecule has 1 aromatic heterocycles. The van der Waals surface area contributed by atoms with E-state index in [1.807, 2.05) is 18.2 Å². The summed E-state index contributed by atoms with van der Waals surface area (Å²) in [6.45, 7) is 5.29. The molecule has 0 aliphatic carbocycles. The molecular weight excluding hydrogens is 228 g/mol. The molecule has 0 saturated carbocycles. The van der Waals surface area contributed by atoms with E-state index in [0.29, 0.717) is 5.92 Å². The Morgan fingerprint density at radius 3 is 2.93 bits per heavy atom. The topological polar surface area (TPSA) is 24.9 Å². The second kappa shape index (κ2) is 4.37. The Balaban J connectivity index is 2.27. The Labute approximate surface area is 98.3 Å². The summed E-state index contributed by atoms with van der Waals surface area (Å²) < 4.78 is 1.06. The Hall–Kier alpha value is -0.800. The summed E-state index contributed by atoms with van der Waals surface area (Å²) in [5.74, 6) is 0.618. The van der Waals surface area contributed by atoms with Crippen molar-refractivity contribution >= 4 is 38.3 Å². The first-order chi connectivity index (χ1) is 7.16. The average Bonchev–Trinajstić information content (AvgIpc) is 2.59. The highest BCUT2D eigenvalue weighted by Gasteiger charge is 2.06. The van der Waals surface area contributed by atoms with Crippen molar-refractivity contribution in [3.8, 4) is 0 Å². The lowest BCUT2D eigenvalue weighted by molar-refractivity contribution is 0.688. The molecule has 1 aromatic carbocycles. The highest BCUT2D eigenvalue weighted by Crippen LogP contribution is 2.31. The maximum absolute atomic E-state index is 6.08. The summed E-state index contributed by atoms with van der Waals surface area (Å²) in [6.07, 6.45) is 0. The Morgan fingerprint density at radius 2 is 2.27 bits per heavy atom. The van der Waals surface area contributed by atoms with Crippen molar-refractivity contribution in [2.45, 2.75) is 13.8 Å². The van der Waals surface area contributed by atoms with Gasteiger partial charge in [-0.15, -0.1) is 0 Å². The van der Waals surface area contributed by atoms with Gasteiger partial charge in [-0.1, -0.05) is 42.9 Å². The van der Waals surface area contributed by atoms with Gasteiger partial charge in [0, 0.05) is 6.54 Å². The standard InChI is InChI=1S/C11H13ClN2S/c1-7(2)6-13-11-14-9-5-3-4-8(12)10(9)15-11/h3-5,7H,6H2,1-2H3,(H,13,14). The fourth-order valence-electron chi connectivity index (χ4n) is 1.28. The molecular formula is C11H13ClN2S. The summed E-state index contributed by atoms with van der Waals surface area (Å²) in [4.78, 5) is 4.47. The number of thiazole rings is 1. The van der Waals surface area contributed by atoms with Crippen molar-refractivity contribution in [2.75, 3.05) is 11.9 Å². The zero-order chi connectivity index (χ0) is 10.8. The van der Waals surface area contributed by atoms with Crippen LogP contribution < -0.4 is 5.32 Å². The van der Waals surface area contributed by atoms with Gasteiger partial charge in [-0.3, -0.25) is 0 Å². The van der Waals surface area contributed by atoms with E-state index in [1.165, 1.54) is 0 Å². The van der Waals surface area contributed by atoms with Crippen molar-refractivity contribution in [1.82, 2.24) is 4.98 Å². The lowest BCUT2D eigenvalue weighted by Crippen LogP contribution is -2.07. The first kappa shape index (κ1) is 10.7. The van der Waals surface area contributed by atoms with Crippen molar-refractivity contribution in [2.24, 2.45) is 5.92 Å². The number of anilines is 1. The third-order valence-electron chi connectivity index (χ3n) is 2.03. The van der Waals surface area contributed by atoms with Crippen LogP contribution in [0.25, 0.3) is 10.2 Å². The van der Waals surface area contributed by atoms with Crippen LogP contribution in [0, 0.1) is 5.92 Å². The summed E-state index contributed by atoms with van der Waals surface area (Å²) in [5, 5.41) is 5.04. The molecule has 0 unspecified atom stereocenters. The molecule has 0 aliphatic heterocycles. The quantitative estimate of drug-likeness (QED) is 0.877. The van der Waals surface area contributed by atoms with Gasteiger partial charge in [0.1, 0.15) is 0 Å². The van der Waals surface area contributed by atoms with E-state index in [-0.39, 0.29) is 0 Å². The summed E-state index contributed by atoms with van der Waals surface area (Å²) >= 11 is 7.69. The number of halogens is 1. The van der Waals surface area contributed by atoms with Crippen LogP contribution in [-0.2, 0) is 0 Å². The van der Waals surface area contributed by atoms with E-state index in [1.54, 1.807) is 11.3 Å². The third kappa shape index (κ3) is 2.41. The molecule has 0 saturated heterocycles. The lowest BCUT2D eigenvalue weighted by Gasteiger charge is -2.03. The van der Waals surface area contributed by atoms with Crippen LogP contribution in [0.2, 0.25) is 5.02 Å². The predicted molar refractivity (Wildman–Crippen MR) is 68.0 cm³/mol. The van der Waals surface area contributed by atoms with E-state index < -0.39 is 0 Å². The number of benzene rings is 1. The molecule has 0 aliphatic rings. The number of aromatic nitrogens is 1. The van der Waals surface area contributed by atoms with Gasteiger partial charge < -0.3 is 5.32 Å². The van der Waals surface area contributed by atoms with Crippen molar-refractivity contribution in [3.63, 3.8) is 0 Å². The van der Waals surface area contributed by atoms with E-state index in [0.717, 1.165) is 26.9 Å². The van der Waals surface area contributed by atoms with Gasteiger partial charge in [-0.25, -0.2) is 4.98 Å². The van der Waals surface area contributed by atoms with Gasteiger partial charge in [0.2, 0.25) is 0 Å². The van der Waals surface area contributed by atoms with Crippen molar-refractivity contribution < 1.29 is 0 Å². The SMILES string of the molecule is CC(C)CNc1nc2cccc(Cl)c2s1. The molecule has 1 N–H and O–H groups in total. The minimum atomic E-state index is 0.618. The number of hydrogen-bond acceptors (Lipinski definition) is 3. The maximum atomic E-state index is 6.08. The van der Waals surface area contributed by atoms with Gasteiger partial charge in [0.25, 0.3) is 0 Å². The molecule has 0 bridgehead atoms. The second-order valence-electron chi connectivity index (χ2n) is 3.88. The summed E-state index contributed by atoms with van der Waals surface area (Å²) in [7, 11) is 0. The molecule has 15 heavy (non-hydrogen) atoms. The minimum Gasteiger partial charge on any atom is -0.361 e. The van der Waals surface area contributed by atoms with Crippen molar-refractivity contribution in [1.29, 1.82) is 0 Å². The molecule has 4 heteroatoms. The normalized spacial score (nSPS) is 11.2. The van der Waals surface area contributed by atoms with Gasteiger partial charge in [0.05, 0.1) is 15.2 Å². The maximum Gasteiger partial charge on any atom is 0.183 e. The first-order valence-corrected chi connectivity index (χ1v) is 6.15. The van der Waals surface area contributed by atoms with Crippen LogP contribution in [0.5, 0.6) is 0 Å². The monoisotopic (exact) mass is 240 g/mol. The molecule has 0 spiro atoms. The number of nitrogens with zero attached hydrogens (tertiary/aromatic N) is 1. The molecule has 80 valence electrons. The molecule has 0 atom stereocenters. The predicted octanol–water partition coefficient (Wildman–Crippen LogP) is 4.02. The molecule has 0 fully saturated rings. The van der Waals surface area contributed by atoms with Crippen LogP contribution in [0.3, 0.4) is 0 Å². The number of hydrogen-bond donors (Lipinski definition) is 1. The largest absolute Gasteiger partial charge is 0.361 e. The van der Waals surface area contributed by atoms with E-state index in [9.17, 15) is 0 Å². The number of fused-ring (bicyclic) bond motifs is 1. The fourth-order valence-corrected chi connectivity index (χ4v) is 2.44. The average molecular weight is 241 g/mol. The van der Waals surface area contributed by atoms with Crippen LogP contribution in [0.15, 0.2) is 18.2 Å². The number of nitrogens with one attached hydrogen (secondary N) is 1. The van der Waals surface area contributed by atoms with E-state index in [4.69, 9.17) is 11.6 Å². The zero-order valence-electron chi connectivity index (χ0n) is 8.75. The first-order valence-electron chi connectivity index (χ1n) is 4.95. The highest BCUT2D eigenvalue weighted by atomic mass is 35.5. The van der Waals surface area contributed by atoms with Crippen LogP contribution in [0.4, 0.5) is 5.13 Å². The Bertz CT molecular complexity index is 465. The van der Waals surface area contributed by atoms with Gasteiger partial charge in [0.15, 0.2) is 5.13 Å². The van der Waals surface area contributed by atoms with Crippen molar-refractivity contribution in [3.05, 3.63) is 23.2 Å². The molecule has 1 heterocycles. The van der Waals surface area contributed by atoms with Crippen LogP contribution in [0.1, 0.15) is 13.8 Å². The molecule has 2 rings (SSSR count). The van der Waals surface area contributed by atoms with Gasteiger partial charge in [-0.2, -0.15) is 0 Å². The molecule has 2 nitrogen and oxygen atoms in total. The van der Waals surface area contributed by atoms with Crippen LogP contribution >= 0.6 is 22.9 Å². The van der Waals surface area contributed by atoms with Gasteiger partial charge in [-0.05, 0) is 18.1 Å². The van der Waals surface area contributed by atoms with E-state index in [2.05, 4.69) is 24.1 Å². The number of rotatable bonds is 3. The third-order valence-corrected chi connectivity index (χ3v) is 3.52. The lowest BCUT2D eigenvalue weighted by atomic mass is 10.2. The Morgan fingerprint density at radius 1 is 1.47 bits per heavy atom. The van der Waals surface area contributed by atoms with Crippen LogP contribution in [-0.4, -0.2) is 11.5 Å². The zero-order valence-corrected chi connectivity index (χ0v) is 10.3. The highest BCUT2D eigenvalue weighted by molar-refractivity contribution is 7.22. The van der Waals surface area contributed by atoms with E-state index >= 15 is 0 Å². The molecule has 0 radical (unpaired) electrons. The Kier molecular flexibility index (Phi) is 3.12. The van der Waals surface area contributed by atoms with Gasteiger partial charge >= 0.3 is 0 Å². The molecule has 2 aromatic rings. The fraction of sp³-hybridized carbons (Fsp3) is 0.364. The molecule has 0 amide bonds. The smallest absolute Gasteiger partial charge is 0.183 e. The minimum absolute atomic E-state index is 0.618. The summed E-state index contributed by atoms with van der Waals surface area (Å²) in [5.41, 5.74) is 0.971.